The highest BCUT2D eigenvalue weighted by atomic mass is 16.5. The first-order valence-corrected chi connectivity index (χ1v) is 6.81. The first-order chi connectivity index (χ1) is 10.1. The molecule has 1 aromatic carbocycles. The molecular weight excluding hydrogens is 272 g/mol. The number of amides is 1. The van der Waals surface area contributed by atoms with Gasteiger partial charge in [-0.2, -0.15) is 0 Å². The molecule has 0 spiro atoms. The van der Waals surface area contributed by atoms with E-state index in [1.54, 1.807) is 18.2 Å². The minimum atomic E-state index is -0.428. The lowest BCUT2D eigenvalue weighted by Gasteiger charge is -2.17. The average molecular weight is 292 g/mol. The molecule has 2 rings (SSSR count). The fourth-order valence-corrected chi connectivity index (χ4v) is 2.32. The van der Waals surface area contributed by atoms with Gasteiger partial charge in [-0.1, -0.05) is 6.07 Å². The van der Waals surface area contributed by atoms with Crippen LogP contribution in [0.1, 0.15) is 15.9 Å². The van der Waals surface area contributed by atoms with E-state index in [-0.39, 0.29) is 17.9 Å². The van der Waals surface area contributed by atoms with Crippen LogP contribution in [-0.4, -0.2) is 45.3 Å². The number of ether oxygens (including phenoxy) is 2. The summed E-state index contributed by atoms with van der Waals surface area (Å²) >= 11 is 0. The van der Waals surface area contributed by atoms with Crippen LogP contribution in [0.3, 0.4) is 0 Å². The Hall–Kier alpha value is -1.92. The van der Waals surface area contributed by atoms with Crippen LogP contribution in [0.25, 0.3) is 0 Å². The fraction of sp³-hybridized carbons (Fsp3) is 0.467. The topological polar surface area (TPSA) is 76.7 Å². The van der Waals surface area contributed by atoms with Gasteiger partial charge in [-0.15, -0.1) is 0 Å². The van der Waals surface area contributed by atoms with E-state index in [2.05, 4.69) is 15.4 Å². The molecule has 6 nitrogen and oxygen atoms in total. The van der Waals surface area contributed by atoms with Crippen LogP contribution in [0.5, 0.6) is 0 Å². The number of nitrogens with one attached hydrogen (secondary N) is 2. The van der Waals surface area contributed by atoms with Gasteiger partial charge in [0.1, 0.15) is 0 Å². The van der Waals surface area contributed by atoms with Crippen molar-refractivity contribution < 1.29 is 19.1 Å². The minimum absolute atomic E-state index is 0.00842. The second kappa shape index (κ2) is 6.69. The van der Waals surface area contributed by atoms with E-state index in [1.807, 2.05) is 14.0 Å². The molecule has 1 aliphatic rings. The van der Waals surface area contributed by atoms with E-state index in [1.165, 1.54) is 7.11 Å². The Morgan fingerprint density at radius 3 is 2.76 bits per heavy atom. The molecule has 0 aliphatic carbocycles. The summed E-state index contributed by atoms with van der Waals surface area (Å²) in [4.78, 5) is 23.9. The van der Waals surface area contributed by atoms with E-state index in [4.69, 9.17) is 4.74 Å². The van der Waals surface area contributed by atoms with Crippen LogP contribution in [0.2, 0.25) is 0 Å². The summed E-state index contributed by atoms with van der Waals surface area (Å²) in [6.45, 7) is 2.79. The molecule has 2 N–H and O–H groups in total. The maximum absolute atomic E-state index is 12.3. The van der Waals surface area contributed by atoms with E-state index in [0.717, 1.165) is 5.56 Å². The van der Waals surface area contributed by atoms with E-state index >= 15 is 0 Å². The number of esters is 1. The standard InChI is InChI=1S/C15H20N2O4/c1-9-4-5-10(15(19)20-3)6-12(9)17-14(18)11-7-21-8-13(11)16-2/h4-6,11,13,16H,7-8H2,1-3H3,(H,17,18). The van der Waals surface area contributed by atoms with Crippen LogP contribution < -0.4 is 10.6 Å². The molecule has 0 radical (unpaired) electrons. The summed E-state index contributed by atoms with van der Waals surface area (Å²) in [5.41, 5.74) is 1.91. The number of hydrogen-bond donors (Lipinski definition) is 2. The Balaban J connectivity index is 2.15. The van der Waals surface area contributed by atoms with Gasteiger partial charge in [0.25, 0.3) is 0 Å². The molecule has 2 unspecified atom stereocenters. The van der Waals surface area contributed by atoms with Crippen LogP contribution in [-0.2, 0) is 14.3 Å². The lowest BCUT2D eigenvalue weighted by Crippen LogP contribution is -2.39. The summed E-state index contributed by atoms with van der Waals surface area (Å²) in [5, 5.41) is 5.94. The third kappa shape index (κ3) is 3.40. The van der Waals surface area contributed by atoms with Crippen molar-refractivity contribution in [1.29, 1.82) is 0 Å². The summed E-state index contributed by atoms with van der Waals surface area (Å²) in [7, 11) is 3.14. The van der Waals surface area contributed by atoms with Crippen molar-refractivity contribution in [3.63, 3.8) is 0 Å². The lowest BCUT2D eigenvalue weighted by molar-refractivity contribution is -0.120. The smallest absolute Gasteiger partial charge is 0.337 e. The molecule has 1 fully saturated rings. The molecule has 1 aromatic rings. The third-order valence-electron chi connectivity index (χ3n) is 3.70. The summed E-state index contributed by atoms with van der Waals surface area (Å²) in [5.74, 6) is -0.782. The van der Waals surface area contributed by atoms with Crippen molar-refractivity contribution in [3.05, 3.63) is 29.3 Å². The van der Waals surface area contributed by atoms with Gasteiger partial charge in [0.2, 0.25) is 5.91 Å². The van der Waals surface area contributed by atoms with E-state index in [9.17, 15) is 9.59 Å². The highest BCUT2D eigenvalue weighted by Crippen LogP contribution is 2.21. The van der Waals surface area contributed by atoms with Gasteiger partial charge < -0.3 is 20.1 Å². The highest BCUT2D eigenvalue weighted by Gasteiger charge is 2.33. The maximum atomic E-state index is 12.3. The van der Waals surface area contributed by atoms with Gasteiger partial charge in [-0.3, -0.25) is 4.79 Å². The number of benzene rings is 1. The minimum Gasteiger partial charge on any atom is -0.465 e. The largest absolute Gasteiger partial charge is 0.465 e. The van der Waals surface area contributed by atoms with E-state index in [0.29, 0.717) is 24.5 Å². The first kappa shape index (κ1) is 15.5. The number of rotatable bonds is 4. The summed E-state index contributed by atoms with van der Waals surface area (Å²) < 4.78 is 10.0. The maximum Gasteiger partial charge on any atom is 0.337 e. The van der Waals surface area contributed by atoms with Crippen LogP contribution >= 0.6 is 0 Å². The number of anilines is 1. The number of methoxy groups -OCH3 is 1. The zero-order chi connectivity index (χ0) is 15.4. The van der Waals surface area contributed by atoms with Gasteiger partial charge in [-0.05, 0) is 31.7 Å². The first-order valence-electron chi connectivity index (χ1n) is 6.81. The molecule has 2 atom stereocenters. The van der Waals surface area contributed by atoms with Crippen molar-refractivity contribution in [2.24, 2.45) is 5.92 Å². The predicted octanol–water partition coefficient (Wildman–Crippen LogP) is 0.955. The monoisotopic (exact) mass is 292 g/mol. The Kier molecular flexibility index (Phi) is 4.93. The van der Waals surface area contributed by atoms with Crippen molar-refractivity contribution >= 4 is 17.6 Å². The summed E-state index contributed by atoms with van der Waals surface area (Å²) in [6, 6.07) is 5.09. The molecule has 0 bridgehead atoms. The van der Waals surface area contributed by atoms with Gasteiger partial charge >= 0.3 is 5.97 Å². The fourth-order valence-electron chi connectivity index (χ4n) is 2.32. The Morgan fingerprint density at radius 1 is 1.33 bits per heavy atom. The second-order valence-corrected chi connectivity index (χ2v) is 5.05. The number of aryl methyl sites for hydroxylation is 1. The third-order valence-corrected chi connectivity index (χ3v) is 3.70. The molecule has 6 heteroatoms. The molecular formula is C15H20N2O4. The molecule has 0 saturated carbocycles. The number of likely N-dealkylation sites (N-methyl/N-ethyl adjacent to an activating group) is 1. The summed E-state index contributed by atoms with van der Waals surface area (Å²) in [6.07, 6.45) is 0. The van der Waals surface area contributed by atoms with Gasteiger partial charge in [0.05, 0.1) is 31.8 Å². The number of carbonyl (C=O) groups excluding carboxylic acids is 2. The second-order valence-electron chi connectivity index (χ2n) is 5.05. The molecule has 21 heavy (non-hydrogen) atoms. The zero-order valence-electron chi connectivity index (χ0n) is 12.4. The normalized spacial score (nSPS) is 21.1. The predicted molar refractivity (Wildman–Crippen MR) is 78.3 cm³/mol. The highest BCUT2D eigenvalue weighted by molar-refractivity contribution is 5.96. The van der Waals surface area contributed by atoms with Crippen LogP contribution in [0.4, 0.5) is 5.69 Å². The van der Waals surface area contributed by atoms with Crippen molar-refractivity contribution in [1.82, 2.24) is 5.32 Å². The number of hydrogen-bond acceptors (Lipinski definition) is 5. The van der Waals surface area contributed by atoms with Gasteiger partial charge in [0.15, 0.2) is 0 Å². The molecule has 1 saturated heterocycles. The van der Waals surface area contributed by atoms with Crippen LogP contribution in [0, 0.1) is 12.8 Å². The Morgan fingerprint density at radius 2 is 2.10 bits per heavy atom. The Bertz CT molecular complexity index is 544. The molecule has 1 amide bonds. The van der Waals surface area contributed by atoms with Crippen molar-refractivity contribution in [2.75, 3.05) is 32.7 Å². The van der Waals surface area contributed by atoms with Crippen molar-refractivity contribution in [3.8, 4) is 0 Å². The zero-order valence-corrected chi connectivity index (χ0v) is 12.4. The van der Waals surface area contributed by atoms with Crippen LogP contribution in [0.15, 0.2) is 18.2 Å². The lowest BCUT2D eigenvalue weighted by atomic mass is 10.0. The number of carbonyl (C=O) groups is 2. The average Bonchev–Trinajstić information content (AvgIpc) is 2.97. The van der Waals surface area contributed by atoms with Gasteiger partial charge in [-0.25, -0.2) is 4.79 Å². The Labute approximate surface area is 123 Å². The van der Waals surface area contributed by atoms with E-state index < -0.39 is 5.97 Å². The molecule has 1 heterocycles. The van der Waals surface area contributed by atoms with Crippen molar-refractivity contribution in [2.45, 2.75) is 13.0 Å². The SMILES string of the molecule is CNC1COCC1C(=O)Nc1cc(C(=O)OC)ccc1C. The molecule has 114 valence electrons. The molecule has 0 aromatic heterocycles. The quantitative estimate of drug-likeness (QED) is 0.808. The molecule has 1 aliphatic heterocycles. The van der Waals surface area contributed by atoms with Gasteiger partial charge in [0, 0.05) is 11.7 Å².